The zero-order valence-electron chi connectivity index (χ0n) is 11.3. The number of halogens is 1. The summed E-state index contributed by atoms with van der Waals surface area (Å²) in [4.78, 5) is 23.3. The summed E-state index contributed by atoms with van der Waals surface area (Å²) in [6.45, 7) is 0.0834. The van der Waals surface area contributed by atoms with Crippen LogP contribution in [0.5, 0.6) is 0 Å². The van der Waals surface area contributed by atoms with E-state index in [-0.39, 0.29) is 18.4 Å². The van der Waals surface area contributed by atoms with Crippen molar-refractivity contribution in [2.45, 2.75) is 6.54 Å². The van der Waals surface area contributed by atoms with Crippen LogP contribution < -0.4 is 16.4 Å². The third-order valence-electron chi connectivity index (χ3n) is 2.74. The van der Waals surface area contributed by atoms with Crippen LogP contribution in [0.2, 0.25) is 5.02 Å². The third-order valence-corrected chi connectivity index (χ3v) is 3.07. The molecule has 2 rings (SSSR count). The van der Waals surface area contributed by atoms with Crippen molar-refractivity contribution in [3.05, 3.63) is 41.2 Å². The second-order valence-electron chi connectivity index (χ2n) is 4.29. The molecule has 0 fully saturated rings. The topological polar surface area (TPSA) is 102 Å². The van der Waals surface area contributed by atoms with Gasteiger partial charge in [0.05, 0.1) is 22.6 Å². The molecule has 0 radical (unpaired) electrons. The number of carbonyl (C=O) groups excluding carboxylic acids is 2. The van der Waals surface area contributed by atoms with Gasteiger partial charge in [0.25, 0.3) is 5.91 Å². The molecule has 0 aliphatic heterocycles. The van der Waals surface area contributed by atoms with Gasteiger partial charge in [-0.3, -0.25) is 14.3 Å². The van der Waals surface area contributed by atoms with Crippen molar-refractivity contribution in [1.82, 2.24) is 15.1 Å². The molecule has 21 heavy (non-hydrogen) atoms. The Morgan fingerprint density at radius 2 is 2.19 bits per heavy atom. The number of nitrogens with two attached hydrogens (primary N) is 1. The monoisotopic (exact) mass is 307 g/mol. The molecule has 2 amide bonds. The van der Waals surface area contributed by atoms with E-state index in [1.54, 1.807) is 25.4 Å². The zero-order valence-corrected chi connectivity index (χ0v) is 12.0. The van der Waals surface area contributed by atoms with Crippen molar-refractivity contribution in [1.29, 1.82) is 0 Å². The molecule has 2 aromatic rings. The highest BCUT2D eigenvalue weighted by Gasteiger charge is 2.10. The van der Waals surface area contributed by atoms with Crippen molar-refractivity contribution < 1.29 is 9.59 Å². The number of nitrogen functional groups attached to an aromatic ring is 1. The van der Waals surface area contributed by atoms with Gasteiger partial charge in [-0.2, -0.15) is 5.10 Å². The largest absolute Gasteiger partial charge is 0.398 e. The fourth-order valence-corrected chi connectivity index (χ4v) is 1.79. The average molecular weight is 308 g/mol. The predicted octanol–water partition coefficient (Wildman–Crippen LogP) is 1.12. The van der Waals surface area contributed by atoms with Gasteiger partial charge in [-0.15, -0.1) is 0 Å². The normalized spacial score (nSPS) is 10.2. The first kappa shape index (κ1) is 14.9. The van der Waals surface area contributed by atoms with Gasteiger partial charge < -0.3 is 16.4 Å². The minimum atomic E-state index is -0.337. The fourth-order valence-electron chi connectivity index (χ4n) is 1.61. The minimum Gasteiger partial charge on any atom is -0.398 e. The third kappa shape index (κ3) is 3.73. The summed E-state index contributed by atoms with van der Waals surface area (Å²) < 4.78 is 1.42. The van der Waals surface area contributed by atoms with Crippen LogP contribution in [0.15, 0.2) is 30.6 Å². The van der Waals surface area contributed by atoms with Crippen LogP contribution >= 0.6 is 11.6 Å². The van der Waals surface area contributed by atoms with Crippen molar-refractivity contribution in [3.63, 3.8) is 0 Å². The fraction of sp³-hybridized carbons (Fsp3) is 0.154. The second-order valence-corrected chi connectivity index (χ2v) is 4.70. The molecular weight excluding hydrogens is 294 g/mol. The van der Waals surface area contributed by atoms with Gasteiger partial charge in [-0.1, -0.05) is 11.6 Å². The number of hydrogen-bond donors (Lipinski definition) is 3. The van der Waals surface area contributed by atoms with Gasteiger partial charge in [0.2, 0.25) is 5.91 Å². The Balaban J connectivity index is 2.05. The van der Waals surface area contributed by atoms with Crippen LogP contribution in [0, 0.1) is 0 Å². The van der Waals surface area contributed by atoms with Crippen molar-refractivity contribution in [2.75, 3.05) is 18.1 Å². The Labute approximate surface area is 126 Å². The van der Waals surface area contributed by atoms with E-state index in [2.05, 4.69) is 15.7 Å². The summed E-state index contributed by atoms with van der Waals surface area (Å²) in [7, 11) is 1.54. The van der Waals surface area contributed by atoms with Gasteiger partial charge in [-0.25, -0.2) is 0 Å². The number of carbonyl (C=O) groups is 2. The molecule has 8 heteroatoms. The molecule has 0 aliphatic carbocycles. The van der Waals surface area contributed by atoms with E-state index in [1.807, 2.05) is 0 Å². The highest BCUT2D eigenvalue weighted by atomic mass is 35.5. The van der Waals surface area contributed by atoms with E-state index in [1.165, 1.54) is 16.9 Å². The lowest BCUT2D eigenvalue weighted by Crippen LogP contribution is -2.23. The molecule has 0 bridgehead atoms. The van der Waals surface area contributed by atoms with E-state index in [0.29, 0.717) is 22.0 Å². The number of aromatic nitrogens is 2. The van der Waals surface area contributed by atoms with Gasteiger partial charge in [0.15, 0.2) is 0 Å². The molecule has 1 heterocycles. The molecule has 0 unspecified atom stereocenters. The van der Waals surface area contributed by atoms with Gasteiger partial charge >= 0.3 is 0 Å². The van der Waals surface area contributed by atoms with Crippen LogP contribution in [0.25, 0.3) is 0 Å². The maximum absolute atomic E-state index is 12.0. The van der Waals surface area contributed by atoms with Gasteiger partial charge in [-0.05, 0) is 18.2 Å². The number of anilines is 2. The quantitative estimate of drug-likeness (QED) is 0.736. The summed E-state index contributed by atoms with van der Waals surface area (Å²) >= 11 is 5.87. The molecule has 1 aromatic heterocycles. The minimum absolute atomic E-state index is 0.0834. The average Bonchev–Trinajstić information content (AvgIpc) is 2.88. The highest BCUT2D eigenvalue weighted by molar-refractivity contribution is 6.33. The first-order chi connectivity index (χ1) is 9.99. The van der Waals surface area contributed by atoms with Gasteiger partial charge in [0, 0.05) is 18.8 Å². The Morgan fingerprint density at radius 3 is 2.86 bits per heavy atom. The summed E-state index contributed by atoms with van der Waals surface area (Å²) in [5.41, 5.74) is 6.86. The Hall–Kier alpha value is -2.54. The standard InChI is InChI=1S/C13H14ClN5O2/c1-16-12(20)7-19-6-9(5-17-19)18-13(21)8-2-3-11(15)10(14)4-8/h2-6H,7,15H2,1H3,(H,16,20)(H,18,21). The first-order valence-electron chi connectivity index (χ1n) is 6.09. The number of amides is 2. The lowest BCUT2D eigenvalue weighted by Gasteiger charge is -2.04. The molecule has 0 aliphatic rings. The first-order valence-corrected chi connectivity index (χ1v) is 6.47. The van der Waals surface area contributed by atoms with Crippen molar-refractivity contribution >= 4 is 34.8 Å². The van der Waals surface area contributed by atoms with Crippen LogP contribution in [0.4, 0.5) is 11.4 Å². The van der Waals surface area contributed by atoms with Crippen LogP contribution in [-0.4, -0.2) is 28.6 Å². The van der Waals surface area contributed by atoms with E-state index in [9.17, 15) is 9.59 Å². The summed E-state index contributed by atoms with van der Waals surface area (Å²) in [5.74, 6) is -0.516. The zero-order chi connectivity index (χ0) is 15.4. The summed E-state index contributed by atoms with van der Waals surface area (Å²) in [5, 5.41) is 9.45. The lowest BCUT2D eigenvalue weighted by atomic mass is 10.2. The summed E-state index contributed by atoms with van der Waals surface area (Å²) in [6, 6.07) is 4.62. The number of benzene rings is 1. The van der Waals surface area contributed by atoms with E-state index in [4.69, 9.17) is 17.3 Å². The second kappa shape index (κ2) is 6.27. The number of likely N-dealkylation sites (N-methyl/N-ethyl adjacent to an activating group) is 1. The molecular formula is C13H14ClN5O2. The highest BCUT2D eigenvalue weighted by Crippen LogP contribution is 2.20. The molecule has 7 nitrogen and oxygen atoms in total. The number of nitrogens with zero attached hydrogens (tertiary/aromatic N) is 2. The van der Waals surface area contributed by atoms with E-state index in [0.717, 1.165) is 0 Å². The molecule has 4 N–H and O–H groups in total. The molecule has 0 saturated heterocycles. The Kier molecular flexibility index (Phi) is 4.44. The number of hydrogen-bond acceptors (Lipinski definition) is 4. The van der Waals surface area contributed by atoms with Crippen molar-refractivity contribution in [3.8, 4) is 0 Å². The van der Waals surface area contributed by atoms with Gasteiger partial charge in [0.1, 0.15) is 6.54 Å². The molecule has 110 valence electrons. The molecule has 0 spiro atoms. The van der Waals surface area contributed by atoms with E-state index < -0.39 is 0 Å². The maximum atomic E-state index is 12.0. The molecule has 0 saturated carbocycles. The van der Waals surface area contributed by atoms with Crippen LogP contribution in [0.1, 0.15) is 10.4 Å². The molecule has 0 atom stereocenters. The number of rotatable bonds is 4. The predicted molar refractivity (Wildman–Crippen MR) is 80.1 cm³/mol. The summed E-state index contributed by atoms with van der Waals surface area (Å²) in [6.07, 6.45) is 3.02. The Morgan fingerprint density at radius 1 is 1.43 bits per heavy atom. The van der Waals surface area contributed by atoms with Crippen LogP contribution in [-0.2, 0) is 11.3 Å². The van der Waals surface area contributed by atoms with Crippen molar-refractivity contribution in [2.24, 2.45) is 0 Å². The molecule has 1 aromatic carbocycles. The lowest BCUT2D eigenvalue weighted by molar-refractivity contribution is -0.121. The number of nitrogens with one attached hydrogen (secondary N) is 2. The Bertz CT molecular complexity index is 683. The van der Waals surface area contributed by atoms with E-state index >= 15 is 0 Å². The SMILES string of the molecule is CNC(=O)Cn1cc(NC(=O)c2ccc(N)c(Cl)c2)cn1. The smallest absolute Gasteiger partial charge is 0.255 e. The van der Waals surface area contributed by atoms with Crippen LogP contribution in [0.3, 0.4) is 0 Å². The maximum Gasteiger partial charge on any atom is 0.255 e.